The Morgan fingerprint density at radius 1 is 1.38 bits per heavy atom. The molecule has 1 aromatic rings. The minimum absolute atomic E-state index is 0.0198. The molecule has 2 N–H and O–H groups in total. The van der Waals surface area contributed by atoms with Gasteiger partial charge in [0.25, 0.3) is 5.91 Å². The zero-order valence-corrected chi connectivity index (χ0v) is 15.6. The number of nitrogens with zero attached hydrogens (tertiary/aromatic N) is 2. The fourth-order valence-electron chi connectivity index (χ4n) is 2.37. The van der Waals surface area contributed by atoms with Gasteiger partial charge in [-0.15, -0.1) is 0 Å². The summed E-state index contributed by atoms with van der Waals surface area (Å²) in [4.78, 5) is 28.5. The van der Waals surface area contributed by atoms with Crippen LogP contribution in [0.3, 0.4) is 0 Å². The highest BCUT2D eigenvalue weighted by Crippen LogP contribution is 2.22. The SMILES string of the molecule is C/C(=N\OCCC(=O)N[C@@H]1C(=O)N(S(=O)(=O)O)[C@H]1C)c1ccc(Cl)cc1. The molecule has 1 saturated heterocycles. The average molecular weight is 404 g/mol. The monoisotopic (exact) mass is 403 g/mol. The molecule has 1 heterocycles. The molecule has 0 bridgehead atoms. The molecule has 2 atom stereocenters. The number of carbonyl (C=O) groups excluding carboxylic acids is 2. The fourth-order valence-corrected chi connectivity index (χ4v) is 3.38. The van der Waals surface area contributed by atoms with E-state index in [9.17, 15) is 18.0 Å². The van der Waals surface area contributed by atoms with Gasteiger partial charge in [-0.05, 0) is 31.5 Å². The van der Waals surface area contributed by atoms with Gasteiger partial charge in [-0.3, -0.25) is 14.1 Å². The molecule has 0 aliphatic carbocycles. The van der Waals surface area contributed by atoms with E-state index in [0.29, 0.717) is 15.0 Å². The minimum Gasteiger partial charge on any atom is -0.395 e. The summed E-state index contributed by atoms with van der Waals surface area (Å²) in [5.74, 6) is -1.38. The van der Waals surface area contributed by atoms with Crippen molar-refractivity contribution in [2.75, 3.05) is 6.61 Å². The summed E-state index contributed by atoms with van der Waals surface area (Å²) < 4.78 is 31.2. The van der Waals surface area contributed by atoms with Crippen LogP contribution in [0.5, 0.6) is 0 Å². The zero-order valence-electron chi connectivity index (χ0n) is 14.0. The van der Waals surface area contributed by atoms with Crippen LogP contribution in [-0.2, 0) is 24.7 Å². The van der Waals surface area contributed by atoms with E-state index < -0.39 is 34.2 Å². The Labute approximate surface area is 155 Å². The van der Waals surface area contributed by atoms with Gasteiger partial charge in [0.2, 0.25) is 5.91 Å². The van der Waals surface area contributed by atoms with Gasteiger partial charge in [0, 0.05) is 5.02 Å². The van der Waals surface area contributed by atoms with Crippen molar-refractivity contribution in [2.45, 2.75) is 32.4 Å². The molecule has 2 rings (SSSR count). The average Bonchev–Trinajstić information content (AvgIpc) is 2.56. The number of benzene rings is 1. The Balaban J connectivity index is 1.77. The second-order valence-electron chi connectivity index (χ2n) is 5.66. The number of rotatable bonds is 7. The first kappa shape index (κ1) is 20.1. The van der Waals surface area contributed by atoms with Crippen LogP contribution in [0.4, 0.5) is 0 Å². The Morgan fingerprint density at radius 3 is 2.54 bits per heavy atom. The quantitative estimate of drug-likeness (QED) is 0.230. The predicted octanol–water partition coefficient (Wildman–Crippen LogP) is 0.989. The second kappa shape index (κ2) is 8.02. The third kappa shape index (κ3) is 4.71. The summed E-state index contributed by atoms with van der Waals surface area (Å²) in [6.07, 6.45) is -0.0697. The van der Waals surface area contributed by atoms with E-state index in [1.165, 1.54) is 6.92 Å². The highest BCUT2D eigenvalue weighted by Gasteiger charge is 2.51. The number of β-lactam (4-membered cyclic amide) rings is 1. The van der Waals surface area contributed by atoms with Crippen LogP contribution >= 0.6 is 11.6 Å². The number of hydrogen-bond donors (Lipinski definition) is 2. The Hall–Kier alpha value is -2.17. The van der Waals surface area contributed by atoms with Crippen LogP contribution in [-0.4, -0.2) is 53.5 Å². The molecule has 0 saturated carbocycles. The molecule has 0 spiro atoms. The number of nitrogens with one attached hydrogen (secondary N) is 1. The first-order valence-electron chi connectivity index (χ1n) is 7.64. The smallest absolute Gasteiger partial charge is 0.362 e. The summed E-state index contributed by atoms with van der Waals surface area (Å²) >= 11 is 5.80. The van der Waals surface area contributed by atoms with E-state index in [1.54, 1.807) is 31.2 Å². The first-order valence-corrected chi connectivity index (χ1v) is 9.41. The van der Waals surface area contributed by atoms with E-state index in [-0.39, 0.29) is 13.0 Å². The van der Waals surface area contributed by atoms with Crippen LogP contribution < -0.4 is 5.32 Å². The van der Waals surface area contributed by atoms with Gasteiger partial charge in [0.1, 0.15) is 12.6 Å². The standard InChI is InChI=1S/C15H18ClN3O6S/c1-9(11-3-5-12(16)6-4-11)18-25-8-7-13(20)17-14-10(2)19(15(14)21)26(22,23)24/h3-6,10,14H,7-8H2,1-2H3,(H,17,20)(H,22,23,24)/b18-9+/t10-,14-/m0/s1. The highest BCUT2D eigenvalue weighted by molar-refractivity contribution is 7.84. The summed E-state index contributed by atoms with van der Waals surface area (Å²) in [7, 11) is -4.61. The minimum atomic E-state index is -4.61. The number of carbonyl (C=O) groups is 2. The molecule has 26 heavy (non-hydrogen) atoms. The van der Waals surface area contributed by atoms with Gasteiger partial charge in [-0.2, -0.15) is 8.42 Å². The molecule has 1 aromatic carbocycles. The van der Waals surface area contributed by atoms with Gasteiger partial charge < -0.3 is 10.2 Å². The molecule has 0 aromatic heterocycles. The summed E-state index contributed by atoms with van der Waals surface area (Å²) in [5, 5.41) is 6.89. The van der Waals surface area contributed by atoms with Crippen molar-refractivity contribution < 1.29 is 27.4 Å². The van der Waals surface area contributed by atoms with Crippen molar-refractivity contribution in [3.05, 3.63) is 34.9 Å². The lowest BCUT2D eigenvalue weighted by atomic mass is 10.0. The number of amides is 2. The van der Waals surface area contributed by atoms with E-state index in [0.717, 1.165) is 5.56 Å². The highest BCUT2D eigenvalue weighted by atomic mass is 35.5. The van der Waals surface area contributed by atoms with E-state index in [4.69, 9.17) is 21.0 Å². The largest absolute Gasteiger partial charge is 0.395 e. The maximum atomic E-state index is 11.8. The summed E-state index contributed by atoms with van der Waals surface area (Å²) in [6, 6.07) is 5.14. The molecule has 9 nitrogen and oxygen atoms in total. The molecule has 1 aliphatic heterocycles. The first-order chi connectivity index (χ1) is 12.1. The maximum absolute atomic E-state index is 11.8. The summed E-state index contributed by atoms with van der Waals surface area (Å²) in [5.41, 5.74) is 1.42. The van der Waals surface area contributed by atoms with Crippen molar-refractivity contribution in [1.82, 2.24) is 9.62 Å². The molecule has 0 unspecified atom stereocenters. The van der Waals surface area contributed by atoms with Gasteiger partial charge >= 0.3 is 10.3 Å². The Bertz CT molecular complexity index is 824. The van der Waals surface area contributed by atoms with Crippen LogP contribution in [0.25, 0.3) is 0 Å². The van der Waals surface area contributed by atoms with Crippen LogP contribution in [0.2, 0.25) is 5.02 Å². The molecule has 142 valence electrons. The van der Waals surface area contributed by atoms with Gasteiger partial charge in [-0.25, -0.2) is 4.31 Å². The van der Waals surface area contributed by atoms with Gasteiger partial charge in [0.05, 0.1) is 18.2 Å². The molecular weight excluding hydrogens is 386 g/mol. The lowest BCUT2D eigenvalue weighted by Gasteiger charge is -2.42. The van der Waals surface area contributed by atoms with E-state index >= 15 is 0 Å². The van der Waals surface area contributed by atoms with Crippen molar-refractivity contribution in [1.29, 1.82) is 0 Å². The lowest BCUT2D eigenvalue weighted by Crippen LogP contribution is -2.70. The van der Waals surface area contributed by atoms with E-state index in [2.05, 4.69) is 10.5 Å². The summed E-state index contributed by atoms with van der Waals surface area (Å²) in [6.45, 7) is 3.12. The predicted molar refractivity (Wildman–Crippen MR) is 94.0 cm³/mol. The van der Waals surface area contributed by atoms with Crippen molar-refractivity contribution >= 4 is 39.4 Å². The molecule has 2 amide bonds. The zero-order chi connectivity index (χ0) is 19.5. The van der Waals surface area contributed by atoms with Gasteiger partial charge in [0.15, 0.2) is 0 Å². The second-order valence-corrected chi connectivity index (χ2v) is 7.39. The van der Waals surface area contributed by atoms with Crippen LogP contribution in [0.1, 0.15) is 25.8 Å². The third-order valence-electron chi connectivity index (χ3n) is 3.78. The molecule has 11 heteroatoms. The third-order valence-corrected chi connectivity index (χ3v) is 5.05. The number of hydrogen-bond acceptors (Lipinski definition) is 6. The van der Waals surface area contributed by atoms with Crippen LogP contribution in [0.15, 0.2) is 29.4 Å². The number of oxime groups is 1. The lowest BCUT2D eigenvalue weighted by molar-refractivity contribution is -0.145. The van der Waals surface area contributed by atoms with Crippen LogP contribution in [0, 0.1) is 0 Å². The maximum Gasteiger partial charge on any atom is 0.362 e. The van der Waals surface area contributed by atoms with Crippen molar-refractivity contribution in [2.24, 2.45) is 5.16 Å². The molecule has 1 aliphatic rings. The Kier molecular flexibility index (Phi) is 6.21. The molecular formula is C15H18ClN3O6S. The van der Waals surface area contributed by atoms with Gasteiger partial charge in [-0.1, -0.05) is 28.9 Å². The molecule has 1 fully saturated rings. The topological polar surface area (TPSA) is 125 Å². The fraction of sp³-hybridized carbons (Fsp3) is 0.400. The van der Waals surface area contributed by atoms with Crippen molar-refractivity contribution in [3.63, 3.8) is 0 Å². The molecule has 0 radical (unpaired) electrons. The normalized spacial score (nSPS) is 20.5. The van der Waals surface area contributed by atoms with E-state index in [1.807, 2.05) is 0 Å². The van der Waals surface area contributed by atoms with Crippen molar-refractivity contribution in [3.8, 4) is 0 Å². The number of halogens is 1. The Morgan fingerprint density at radius 2 is 2.00 bits per heavy atom.